The van der Waals surface area contributed by atoms with E-state index in [-0.39, 0.29) is 0 Å². The van der Waals surface area contributed by atoms with Crippen LogP contribution in [0.3, 0.4) is 0 Å². The fraction of sp³-hybridized carbons (Fsp3) is 0.765. The molecule has 21 heavy (non-hydrogen) atoms. The summed E-state index contributed by atoms with van der Waals surface area (Å²) in [6.45, 7) is 12.3. The van der Waals surface area contributed by atoms with Crippen LogP contribution in [0, 0.1) is 5.41 Å². The molecular weight excluding hydrogens is 260 g/mol. The van der Waals surface area contributed by atoms with Crippen molar-refractivity contribution in [3.8, 4) is 0 Å². The minimum Gasteiger partial charge on any atom is -0.370 e. The Morgan fingerprint density at radius 2 is 2.00 bits per heavy atom. The van der Waals surface area contributed by atoms with Gasteiger partial charge in [-0.05, 0) is 37.5 Å². The first kappa shape index (κ1) is 16.1. The van der Waals surface area contributed by atoms with Crippen LogP contribution in [0.2, 0.25) is 0 Å². The fourth-order valence-corrected chi connectivity index (χ4v) is 3.03. The predicted octanol–water partition coefficient (Wildman–Crippen LogP) is 3.88. The molecule has 0 unspecified atom stereocenters. The highest BCUT2D eigenvalue weighted by molar-refractivity contribution is 5.58. The molecule has 0 aromatic carbocycles. The van der Waals surface area contributed by atoms with Crippen molar-refractivity contribution in [3.63, 3.8) is 0 Å². The van der Waals surface area contributed by atoms with E-state index in [0.717, 1.165) is 44.1 Å². The van der Waals surface area contributed by atoms with Crippen molar-refractivity contribution in [3.05, 3.63) is 11.9 Å². The highest BCUT2D eigenvalue weighted by Crippen LogP contribution is 2.33. The van der Waals surface area contributed by atoms with E-state index in [0.29, 0.717) is 5.41 Å². The van der Waals surface area contributed by atoms with Gasteiger partial charge in [-0.25, -0.2) is 9.97 Å². The average molecular weight is 290 g/mol. The number of nitrogens with zero attached hydrogens (tertiary/aromatic N) is 3. The third kappa shape index (κ3) is 4.08. The molecule has 1 aromatic rings. The molecule has 118 valence electrons. The second-order valence-corrected chi connectivity index (χ2v) is 6.81. The third-order valence-electron chi connectivity index (χ3n) is 4.46. The molecule has 1 aromatic heterocycles. The summed E-state index contributed by atoms with van der Waals surface area (Å²) in [7, 11) is 0. The zero-order valence-corrected chi connectivity index (χ0v) is 14.1. The Hall–Kier alpha value is -1.32. The van der Waals surface area contributed by atoms with Gasteiger partial charge in [0.15, 0.2) is 0 Å². The van der Waals surface area contributed by atoms with Gasteiger partial charge in [0.25, 0.3) is 0 Å². The molecule has 4 heteroatoms. The molecule has 1 aliphatic rings. The summed E-state index contributed by atoms with van der Waals surface area (Å²) in [6, 6.07) is 0. The van der Waals surface area contributed by atoms with Crippen molar-refractivity contribution in [2.75, 3.05) is 29.9 Å². The van der Waals surface area contributed by atoms with Gasteiger partial charge in [-0.15, -0.1) is 0 Å². The Bertz CT molecular complexity index is 456. The van der Waals surface area contributed by atoms with Crippen LogP contribution in [0.1, 0.15) is 58.9 Å². The van der Waals surface area contributed by atoms with E-state index in [1.807, 2.05) is 0 Å². The molecule has 0 radical (unpaired) electrons. The van der Waals surface area contributed by atoms with Gasteiger partial charge in [0.05, 0.1) is 0 Å². The number of aromatic nitrogens is 2. The molecule has 1 aliphatic heterocycles. The number of anilines is 2. The molecule has 0 atom stereocenters. The molecule has 0 amide bonds. The van der Waals surface area contributed by atoms with Crippen molar-refractivity contribution in [1.29, 1.82) is 0 Å². The number of rotatable bonds is 5. The van der Waals surface area contributed by atoms with Crippen LogP contribution >= 0.6 is 0 Å². The van der Waals surface area contributed by atoms with E-state index in [1.165, 1.54) is 24.8 Å². The average Bonchev–Trinajstić information content (AvgIpc) is 2.65. The molecule has 1 fully saturated rings. The maximum absolute atomic E-state index is 4.61. The molecule has 0 spiro atoms. The topological polar surface area (TPSA) is 41.1 Å². The zero-order valence-electron chi connectivity index (χ0n) is 14.1. The van der Waals surface area contributed by atoms with E-state index in [1.54, 1.807) is 6.33 Å². The van der Waals surface area contributed by atoms with Gasteiger partial charge in [0, 0.05) is 25.2 Å². The fourth-order valence-electron chi connectivity index (χ4n) is 3.03. The largest absolute Gasteiger partial charge is 0.370 e. The molecule has 0 aliphatic carbocycles. The maximum atomic E-state index is 4.61. The first-order valence-electron chi connectivity index (χ1n) is 8.40. The summed E-state index contributed by atoms with van der Waals surface area (Å²) in [5.74, 6) is 2.16. The molecule has 2 rings (SSSR count). The van der Waals surface area contributed by atoms with Crippen LogP contribution in [0.4, 0.5) is 11.6 Å². The summed E-state index contributed by atoms with van der Waals surface area (Å²) in [5.41, 5.74) is 1.72. The molecule has 1 saturated heterocycles. The lowest BCUT2D eigenvalue weighted by Gasteiger charge is -2.26. The van der Waals surface area contributed by atoms with E-state index in [4.69, 9.17) is 0 Å². The molecule has 0 bridgehead atoms. The van der Waals surface area contributed by atoms with Crippen molar-refractivity contribution < 1.29 is 0 Å². The van der Waals surface area contributed by atoms with Crippen LogP contribution in [0.25, 0.3) is 0 Å². The van der Waals surface area contributed by atoms with Crippen LogP contribution in [-0.4, -0.2) is 29.6 Å². The Kier molecular flexibility index (Phi) is 5.43. The van der Waals surface area contributed by atoms with Crippen LogP contribution in [0.5, 0.6) is 0 Å². The Labute approximate surface area is 129 Å². The first-order valence-corrected chi connectivity index (χ1v) is 8.40. The summed E-state index contributed by atoms with van der Waals surface area (Å²) >= 11 is 0. The summed E-state index contributed by atoms with van der Waals surface area (Å²) in [5, 5.41) is 3.45. The zero-order chi connectivity index (χ0) is 15.3. The second-order valence-electron chi connectivity index (χ2n) is 6.81. The Morgan fingerprint density at radius 3 is 2.71 bits per heavy atom. The highest BCUT2D eigenvalue weighted by Gasteiger charge is 2.25. The summed E-state index contributed by atoms with van der Waals surface area (Å²) in [4.78, 5) is 11.5. The minimum absolute atomic E-state index is 0.456. The second kappa shape index (κ2) is 7.10. The predicted molar refractivity (Wildman–Crippen MR) is 90.0 cm³/mol. The lowest BCUT2D eigenvalue weighted by atomic mass is 9.85. The van der Waals surface area contributed by atoms with E-state index in [9.17, 15) is 0 Å². The summed E-state index contributed by atoms with van der Waals surface area (Å²) in [6.07, 6.45) is 7.58. The smallest absolute Gasteiger partial charge is 0.137 e. The Balaban J connectivity index is 2.22. The van der Waals surface area contributed by atoms with Crippen LogP contribution in [0.15, 0.2) is 6.33 Å². The normalized spacial score (nSPS) is 18.4. The number of hydrogen-bond donors (Lipinski definition) is 1. The summed E-state index contributed by atoms with van der Waals surface area (Å²) < 4.78 is 0. The maximum Gasteiger partial charge on any atom is 0.137 e. The van der Waals surface area contributed by atoms with E-state index in [2.05, 4.69) is 47.9 Å². The monoisotopic (exact) mass is 290 g/mol. The van der Waals surface area contributed by atoms with Crippen molar-refractivity contribution in [2.45, 2.75) is 59.8 Å². The van der Waals surface area contributed by atoms with Crippen LogP contribution in [-0.2, 0) is 6.42 Å². The van der Waals surface area contributed by atoms with Gasteiger partial charge >= 0.3 is 0 Å². The highest BCUT2D eigenvalue weighted by atomic mass is 15.2. The third-order valence-corrected chi connectivity index (χ3v) is 4.46. The van der Waals surface area contributed by atoms with E-state index >= 15 is 0 Å². The Morgan fingerprint density at radius 1 is 1.19 bits per heavy atom. The van der Waals surface area contributed by atoms with E-state index < -0.39 is 0 Å². The lowest BCUT2D eigenvalue weighted by molar-refractivity contribution is 0.325. The first-order chi connectivity index (χ1) is 10.1. The molecule has 4 nitrogen and oxygen atoms in total. The molecule has 1 N–H and O–H groups in total. The molecule has 2 heterocycles. The van der Waals surface area contributed by atoms with Gasteiger partial charge < -0.3 is 10.2 Å². The van der Waals surface area contributed by atoms with Gasteiger partial charge in [-0.1, -0.05) is 27.7 Å². The molecular formula is C17H30N4. The van der Waals surface area contributed by atoms with Gasteiger partial charge in [0.2, 0.25) is 0 Å². The quantitative estimate of drug-likeness (QED) is 0.893. The minimum atomic E-state index is 0.456. The van der Waals surface area contributed by atoms with Crippen LogP contribution < -0.4 is 10.2 Å². The van der Waals surface area contributed by atoms with Crippen molar-refractivity contribution in [2.24, 2.45) is 5.41 Å². The number of hydrogen-bond acceptors (Lipinski definition) is 4. The van der Waals surface area contributed by atoms with Crippen molar-refractivity contribution in [1.82, 2.24) is 9.97 Å². The standard InChI is InChI=1S/C17H30N4/c1-5-10-18-15-14(6-2)16(20-13-19-15)21-11-7-8-17(3,4)9-12-21/h13H,5-12H2,1-4H3,(H,18,19,20). The number of nitrogens with one attached hydrogen (secondary N) is 1. The molecule has 0 saturated carbocycles. The van der Waals surface area contributed by atoms with Gasteiger partial charge in [0.1, 0.15) is 18.0 Å². The lowest BCUT2D eigenvalue weighted by Crippen LogP contribution is -2.27. The van der Waals surface area contributed by atoms with Crippen molar-refractivity contribution >= 4 is 11.6 Å². The SMILES string of the molecule is CCCNc1ncnc(N2CCCC(C)(C)CC2)c1CC. The van der Waals surface area contributed by atoms with Gasteiger partial charge in [-0.2, -0.15) is 0 Å². The van der Waals surface area contributed by atoms with Gasteiger partial charge in [-0.3, -0.25) is 0 Å².